The normalized spacial score (nSPS) is 19.2. The highest BCUT2D eigenvalue weighted by molar-refractivity contribution is 5.51. The van der Waals surface area contributed by atoms with Gasteiger partial charge in [0.2, 0.25) is 0 Å². The molecule has 1 saturated heterocycles. The predicted octanol–water partition coefficient (Wildman–Crippen LogP) is 2.49. The van der Waals surface area contributed by atoms with Crippen LogP contribution in [0.5, 0.6) is 0 Å². The topological polar surface area (TPSA) is 46.2 Å². The molecule has 0 radical (unpaired) electrons. The number of anilines is 2. The molecule has 94 valence electrons. The molecule has 1 aromatic rings. The van der Waals surface area contributed by atoms with Crippen LogP contribution < -0.4 is 10.6 Å². The van der Waals surface area contributed by atoms with E-state index in [1.54, 1.807) is 0 Å². The Morgan fingerprint density at radius 1 is 1.47 bits per heavy atom. The monoisotopic (exact) mass is 235 g/mol. The smallest absolute Gasteiger partial charge is 0.127 e. The van der Waals surface area contributed by atoms with Gasteiger partial charge in [0.15, 0.2) is 0 Å². The van der Waals surface area contributed by atoms with E-state index in [2.05, 4.69) is 22.5 Å². The van der Waals surface area contributed by atoms with Crippen molar-refractivity contribution < 1.29 is 4.74 Å². The van der Waals surface area contributed by atoms with Gasteiger partial charge in [0.25, 0.3) is 0 Å². The van der Waals surface area contributed by atoms with Crippen LogP contribution >= 0.6 is 0 Å². The second-order valence-electron chi connectivity index (χ2n) is 4.31. The van der Waals surface area contributed by atoms with Crippen LogP contribution in [-0.2, 0) is 4.74 Å². The molecule has 0 aromatic carbocycles. The Kier molecular flexibility index (Phi) is 4.62. The summed E-state index contributed by atoms with van der Waals surface area (Å²) in [6.45, 7) is 4.86. The van der Waals surface area contributed by atoms with E-state index in [9.17, 15) is 0 Å². The van der Waals surface area contributed by atoms with E-state index in [0.717, 1.165) is 37.6 Å². The summed E-state index contributed by atoms with van der Waals surface area (Å²) in [5.74, 6) is 0.926. The zero-order valence-electron chi connectivity index (χ0n) is 10.4. The van der Waals surface area contributed by atoms with Crippen LogP contribution in [0.4, 0.5) is 11.5 Å². The summed E-state index contributed by atoms with van der Waals surface area (Å²) in [4.78, 5) is 4.24. The third kappa shape index (κ3) is 3.89. The fourth-order valence-electron chi connectivity index (χ4n) is 2.07. The Morgan fingerprint density at radius 3 is 3.18 bits per heavy atom. The summed E-state index contributed by atoms with van der Waals surface area (Å²) in [5, 5.41) is 6.61. The van der Waals surface area contributed by atoms with Crippen LogP contribution in [0, 0.1) is 0 Å². The van der Waals surface area contributed by atoms with E-state index in [1.165, 1.54) is 12.8 Å². The molecule has 2 N–H and O–H groups in total. The minimum atomic E-state index is 0.456. The van der Waals surface area contributed by atoms with E-state index in [1.807, 2.05) is 18.3 Å². The maximum absolute atomic E-state index is 5.59. The molecule has 1 fully saturated rings. The Balaban J connectivity index is 1.75. The van der Waals surface area contributed by atoms with E-state index < -0.39 is 0 Å². The largest absolute Gasteiger partial charge is 0.385 e. The van der Waals surface area contributed by atoms with Gasteiger partial charge in [0, 0.05) is 37.6 Å². The van der Waals surface area contributed by atoms with Gasteiger partial charge in [0.1, 0.15) is 5.82 Å². The Bertz CT molecular complexity index is 337. The average molecular weight is 235 g/mol. The maximum Gasteiger partial charge on any atom is 0.127 e. The first-order valence-electron chi connectivity index (χ1n) is 6.44. The summed E-state index contributed by atoms with van der Waals surface area (Å²) in [6.07, 6.45) is 5.79. The molecule has 0 aliphatic carbocycles. The molecule has 1 aliphatic heterocycles. The molecule has 17 heavy (non-hydrogen) atoms. The molecular weight excluding hydrogens is 214 g/mol. The molecule has 2 heterocycles. The van der Waals surface area contributed by atoms with Crippen LogP contribution in [0.1, 0.15) is 26.2 Å². The van der Waals surface area contributed by atoms with Crippen molar-refractivity contribution in [2.75, 3.05) is 30.3 Å². The molecule has 1 aliphatic rings. The molecule has 1 unspecified atom stereocenters. The number of nitrogens with one attached hydrogen (secondary N) is 2. The lowest BCUT2D eigenvalue weighted by molar-refractivity contribution is 0.107. The molecule has 0 bridgehead atoms. The van der Waals surface area contributed by atoms with Gasteiger partial charge in [-0.25, -0.2) is 4.98 Å². The van der Waals surface area contributed by atoms with Crippen LogP contribution in [-0.4, -0.2) is 30.8 Å². The molecular formula is C13H21N3O. The van der Waals surface area contributed by atoms with E-state index in [-0.39, 0.29) is 0 Å². The lowest BCUT2D eigenvalue weighted by Crippen LogP contribution is -2.12. The SMILES string of the molecule is CCNc1cc(NCCC2CCCO2)ccn1. The minimum Gasteiger partial charge on any atom is -0.385 e. The maximum atomic E-state index is 5.59. The second-order valence-corrected chi connectivity index (χ2v) is 4.31. The zero-order chi connectivity index (χ0) is 11.9. The summed E-state index contributed by atoms with van der Waals surface area (Å²) in [6, 6.07) is 4.04. The summed E-state index contributed by atoms with van der Waals surface area (Å²) < 4.78 is 5.59. The third-order valence-electron chi connectivity index (χ3n) is 2.94. The van der Waals surface area contributed by atoms with Crippen molar-refractivity contribution in [1.29, 1.82) is 0 Å². The molecule has 0 spiro atoms. The van der Waals surface area contributed by atoms with Crippen molar-refractivity contribution in [2.24, 2.45) is 0 Å². The van der Waals surface area contributed by atoms with Crippen molar-refractivity contribution >= 4 is 11.5 Å². The van der Waals surface area contributed by atoms with Crippen LogP contribution in [0.15, 0.2) is 18.3 Å². The lowest BCUT2D eigenvalue weighted by Gasteiger charge is -2.11. The van der Waals surface area contributed by atoms with Crippen LogP contribution in [0.3, 0.4) is 0 Å². The van der Waals surface area contributed by atoms with Crippen molar-refractivity contribution in [3.05, 3.63) is 18.3 Å². The summed E-state index contributed by atoms with van der Waals surface area (Å²) in [7, 11) is 0. The van der Waals surface area contributed by atoms with Gasteiger partial charge in [-0.05, 0) is 32.3 Å². The molecule has 0 saturated carbocycles. The predicted molar refractivity (Wildman–Crippen MR) is 70.5 cm³/mol. The Hall–Kier alpha value is -1.29. The minimum absolute atomic E-state index is 0.456. The van der Waals surface area contributed by atoms with Gasteiger partial charge >= 0.3 is 0 Å². The number of nitrogens with zero attached hydrogens (tertiary/aromatic N) is 1. The van der Waals surface area contributed by atoms with Crippen molar-refractivity contribution in [1.82, 2.24) is 4.98 Å². The fourth-order valence-corrected chi connectivity index (χ4v) is 2.07. The number of hydrogen-bond acceptors (Lipinski definition) is 4. The van der Waals surface area contributed by atoms with Gasteiger partial charge < -0.3 is 15.4 Å². The van der Waals surface area contributed by atoms with Crippen molar-refractivity contribution in [3.63, 3.8) is 0 Å². The first kappa shape index (κ1) is 12.2. The fraction of sp³-hybridized carbons (Fsp3) is 0.615. The van der Waals surface area contributed by atoms with Gasteiger partial charge in [0.05, 0.1) is 6.10 Å². The highest BCUT2D eigenvalue weighted by atomic mass is 16.5. The highest BCUT2D eigenvalue weighted by Crippen LogP contribution is 2.16. The Morgan fingerprint density at radius 2 is 2.41 bits per heavy atom. The second kappa shape index (κ2) is 6.45. The first-order chi connectivity index (χ1) is 8.38. The molecule has 1 aromatic heterocycles. The van der Waals surface area contributed by atoms with E-state index >= 15 is 0 Å². The van der Waals surface area contributed by atoms with Crippen molar-refractivity contribution in [2.45, 2.75) is 32.3 Å². The van der Waals surface area contributed by atoms with Crippen LogP contribution in [0.2, 0.25) is 0 Å². The molecule has 4 heteroatoms. The quantitative estimate of drug-likeness (QED) is 0.795. The van der Waals surface area contributed by atoms with E-state index in [0.29, 0.717) is 6.10 Å². The molecule has 4 nitrogen and oxygen atoms in total. The van der Waals surface area contributed by atoms with Gasteiger partial charge in [-0.15, -0.1) is 0 Å². The molecule has 2 rings (SSSR count). The average Bonchev–Trinajstić information content (AvgIpc) is 2.83. The number of aromatic nitrogens is 1. The zero-order valence-corrected chi connectivity index (χ0v) is 10.4. The molecule has 1 atom stereocenters. The summed E-state index contributed by atoms with van der Waals surface area (Å²) >= 11 is 0. The molecule has 0 amide bonds. The number of hydrogen-bond donors (Lipinski definition) is 2. The van der Waals surface area contributed by atoms with Crippen molar-refractivity contribution in [3.8, 4) is 0 Å². The van der Waals surface area contributed by atoms with E-state index in [4.69, 9.17) is 4.74 Å². The van der Waals surface area contributed by atoms with Gasteiger partial charge in [-0.3, -0.25) is 0 Å². The van der Waals surface area contributed by atoms with Gasteiger partial charge in [-0.2, -0.15) is 0 Å². The highest BCUT2D eigenvalue weighted by Gasteiger charge is 2.14. The van der Waals surface area contributed by atoms with Gasteiger partial charge in [-0.1, -0.05) is 0 Å². The first-order valence-corrected chi connectivity index (χ1v) is 6.44. The van der Waals surface area contributed by atoms with Crippen LogP contribution in [0.25, 0.3) is 0 Å². The number of rotatable bonds is 6. The standard InChI is InChI=1S/C13H21N3O/c1-2-14-13-10-11(5-7-16-13)15-8-6-12-4-3-9-17-12/h5,7,10,12H,2-4,6,8-9H2,1H3,(H2,14,15,16). The Labute approximate surface area is 103 Å². The third-order valence-corrected chi connectivity index (χ3v) is 2.94. The summed E-state index contributed by atoms with van der Waals surface area (Å²) in [5.41, 5.74) is 1.12. The number of pyridine rings is 1. The number of ether oxygens (including phenoxy) is 1. The lowest BCUT2D eigenvalue weighted by atomic mass is 10.2.